The van der Waals surface area contributed by atoms with E-state index in [4.69, 9.17) is 4.74 Å². The van der Waals surface area contributed by atoms with Gasteiger partial charge in [0.15, 0.2) is 0 Å². The molecule has 0 aromatic carbocycles. The molecule has 1 aromatic heterocycles. The van der Waals surface area contributed by atoms with E-state index >= 15 is 0 Å². The molecular weight excluding hydrogens is 220 g/mol. The van der Waals surface area contributed by atoms with E-state index < -0.39 is 0 Å². The summed E-state index contributed by atoms with van der Waals surface area (Å²) >= 11 is 0. The second-order valence-corrected chi connectivity index (χ2v) is 4.02. The minimum atomic E-state index is -0.230. The molecule has 1 atom stereocenters. The molecule has 17 heavy (non-hydrogen) atoms. The first-order valence-corrected chi connectivity index (χ1v) is 5.51. The lowest BCUT2D eigenvalue weighted by Crippen LogP contribution is -2.34. The van der Waals surface area contributed by atoms with Gasteiger partial charge in [-0.05, 0) is 19.4 Å². The van der Waals surface area contributed by atoms with Gasteiger partial charge in [0.05, 0.1) is 0 Å². The van der Waals surface area contributed by atoms with Gasteiger partial charge in [0, 0.05) is 44.6 Å². The van der Waals surface area contributed by atoms with E-state index in [9.17, 15) is 9.59 Å². The molecule has 5 heteroatoms. The summed E-state index contributed by atoms with van der Waals surface area (Å²) in [5.74, 6) is -0.230. The zero-order valence-electron chi connectivity index (χ0n) is 10.4. The highest BCUT2D eigenvalue weighted by molar-refractivity contribution is 5.94. The van der Waals surface area contributed by atoms with E-state index in [2.05, 4.69) is 5.32 Å². The van der Waals surface area contributed by atoms with Gasteiger partial charge in [0.2, 0.25) is 0 Å². The van der Waals surface area contributed by atoms with Crippen LogP contribution in [0.25, 0.3) is 0 Å². The molecule has 0 aliphatic rings. The summed E-state index contributed by atoms with van der Waals surface area (Å²) in [7, 11) is 3.26. The first-order valence-electron chi connectivity index (χ1n) is 5.51. The van der Waals surface area contributed by atoms with E-state index in [0.29, 0.717) is 12.2 Å². The third kappa shape index (κ3) is 4.03. The van der Waals surface area contributed by atoms with Crippen molar-refractivity contribution in [3.05, 3.63) is 34.2 Å². The number of amides is 1. The highest BCUT2D eigenvalue weighted by Gasteiger charge is 2.10. The van der Waals surface area contributed by atoms with Gasteiger partial charge in [0.1, 0.15) is 0 Å². The fourth-order valence-electron chi connectivity index (χ4n) is 1.36. The number of carbonyl (C=O) groups excluding carboxylic acids is 1. The van der Waals surface area contributed by atoms with Gasteiger partial charge in [0.25, 0.3) is 11.5 Å². The normalized spacial score (nSPS) is 12.2. The Morgan fingerprint density at radius 1 is 1.59 bits per heavy atom. The Morgan fingerprint density at radius 2 is 2.29 bits per heavy atom. The number of aromatic nitrogens is 1. The topological polar surface area (TPSA) is 60.3 Å². The molecule has 0 saturated heterocycles. The highest BCUT2D eigenvalue weighted by atomic mass is 16.5. The number of hydrogen-bond acceptors (Lipinski definition) is 3. The number of aryl methyl sites for hydroxylation is 1. The smallest absolute Gasteiger partial charge is 0.251 e. The van der Waals surface area contributed by atoms with E-state index in [0.717, 1.165) is 6.42 Å². The Hall–Kier alpha value is -1.62. The summed E-state index contributed by atoms with van der Waals surface area (Å²) in [5, 5.41) is 2.81. The van der Waals surface area contributed by atoms with Crippen LogP contribution in [0.2, 0.25) is 0 Å². The van der Waals surface area contributed by atoms with E-state index in [1.165, 1.54) is 10.6 Å². The van der Waals surface area contributed by atoms with Crippen molar-refractivity contribution in [3.63, 3.8) is 0 Å². The van der Waals surface area contributed by atoms with Crippen LogP contribution in [0.5, 0.6) is 0 Å². The molecular formula is C12H18N2O3. The molecule has 0 aliphatic heterocycles. The highest BCUT2D eigenvalue weighted by Crippen LogP contribution is 1.97. The van der Waals surface area contributed by atoms with Crippen LogP contribution < -0.4 is 10.9 Å². The second-order valence-electron chi connectivity index (χ2n) is 4.02. The average Bonchev–Trinajstić information content (AvgIpc) is 2.30. The molecule has 0 spiro atoms. The molecule has 0 saturated carbocycles. The number of rotatable bonds is 5. The Balaban J connectivity index is 2.63. The predicted molar refractivity (Wildman–Crippen MR) is 65.1 cm³/mol. The second kappa shape index (κ2) is 6.20. The molecule has 94 valence electrons. The lowest BCUT2D eigenvalue weighted by molar-refractivity contribution is 0.0929. The van der Waals surface area contributed by atoms with Gasteiger partial charge in [-0.25, -0.2) is 0 Å². The van der Waals surface area contributed by atoms with Crippen LogP contribution in [-0.4, -0.2) is 30.2 Å². The van der Waals surface area contributed by atoms with Crippen LogP contribution in [-0.2, 0) is 11.8 Å². The number of hydrogen-bond donors (Lipinski definition) is 1. The number of methoxy groups -OCH3 is 1. The molecule has 1 aromatic rings. The Morgan fingerprint density at radius 3 is 2.88 bits per heavy atom. The van der Waals surface area contributed by atoms with Crippen LogP contribution in [0.15, 0.2) is 23.1 Å². The summed E-state index contributed by atoms with van der Waals surface area (Å²) in [5.41, 5.74) is 0.194. The van der Waals surface area contributed by atoms with Crippen molar-refractivity contribution < 1.29 is 9.53 Å². The summed E-state index contributed by atoms with van der Waals surface area (Å²) in [6.07, 6.45) is 2.32. The Labute approximate surface area is 100 Å². The van der Waals surface area contributed by atoms with Crippen molar-refractivity contribution in [2.24, 2.45) is 7.05 Å². The number of ether oxygens (including phenoxy) is 1. The monoisotopic (exact) mass is 238 g/mol. The summed E-state index contributed by atoms with van der Waals surface area (Å²) in [4.78, 5) is 23.1. The lowest BCUT2D eigenvalue weighted by atomic mass is 10.2. The summed E-state index contributed by atoms with van der Waals surface area (Å²) in [6.45, 7) is 2.50. The minimum Gasteiger partial charge on any atom is -0.385 e. The van der Waals surface area contributed by atoms with Crippen LogP contribution in [0, 0.1) is 0 Å². The van der Waals surface area contributed by atoms with Gasteiger partial charge in [-0.15, -0.1) is 0 Å². The van der Waals surface area contributed by atoms with Gasteiger partial charge < -0.3 is 14.6 Å². The standard InChI is InChI=1S/C12H18N2O3/c1-9(5-7-17-3)13-12(16)10-4-6-14(2)11(15)8-10/h4,6,8-9H,5,7H2,1-3H3,(H,13,16). The van der Waals surface area contributed by atoms with Gasteiger partial charge in [-0.2, -0.15) is 0 Å². The molecule has 1 unspecified atom stereocenters. The maximum atomic E-state index is 11.8. The third-order valence-electron chi connectivity index (χ3n) is 2.50. The number of nitrogens with zero attached hydrogens (tertiary/aromatic N) is 1. The van der Waals surface area contributed by atoms with Crippen molar-refractivity contribution in [1.82, 2.24) is 9.88 Å². The first kappa shape index (κ1) is 13.4. The fraction of sp³-hybridized carbons (Fsp3) is 0.500. The zero-order valence-corrected chi connectivity index (χ0v) is 10.4. The quantitative estimate of drug-likeness (QED) is 0.814. The predicted octanol–water partition coefficient (Wildman–Crippen LogP) is 0.540. The molecule has 1 rings (SSSR count). The molecule has 5 nitrogen and oxygen atoms in total. The maximum Gasteiger partial charge on any atom is 0.251 e. The van der Waals surface area contributed by atoms with Crippen molar-refractivity contribution in [2.75, 3.05) is 13.7 Å². The minimum absolute atomic E-state index is 0.0199. The molecule has 1 N–H and O–H groups in total. The number of carbonyl (C=O) groups is 1. The van der Waals surface area contributed by atoms with Gasteiger partial charge in [-0.1, -0.05) is 0 Å². The van der Waals surface area contributed by atoms with Gasteiger partial charge >= 0.3 is 0 Å². The lowest BCUT2D eigenvalue weighted by Gasteiger charge is -2.13. The molecule has 1 amide bonds. The fourth-order valence-corrected chi connectivity index (χ4v) is 1.36. The molecule has 0 radical (unpaired) electrons. The molecule has 0 bridgehead atoms. The van der Waals surface area contributed by atoms with Crippen molar-refractivity contribution in [1.29, 1.82) is 0 Å². The van der Waals surface area contributed by atoms with Crippen molar-refractivity contribution in [2.45, 2.75) is 19.4 Å². The van der Waals surface area contributed by atoms with Crippen LogP contribution in [0.3, 0.4) is 0 Å². The van der Waals surface area contributed by atoms with E-state index in [1.807, 2.05) is 6.92 Å². The third-order valence-corrected chi connectivity index (χ3v) is 2.50. The Kier molecular flexibility index (Phi) is 4.90. The number of nitrogens with one attached hydrogen (secondary N) is 1. The molecule has 0 aliphatic carbocycles. The SMILES string of the molecule is COCCC(C)NC(=O)c1ccn(C)c(=O)c1. The van der Waals surface area contributed by atoms with Crippen molar-refractivity contribution >= 4 is 5.91 Å². The van der Waals surface area contributed by atoms with Crippen molar-refractivity contribution in [3.8, 4) is 0 Å². The van der Waals surface area contributed by atoms with Crippen LogP contribution >= 0.6 is 0 Å². The van der Waals surface area contributed by atoms with Crippen LogP contribution in [0.1, 0.15) is 23.7 Å². The van der Waals surface area contributed by atoms with Gasteiger partial charge in [-0.3, -0.25) is 9.59 Å². The summed E-state index contributed by atoms with van der Waals surface area (Å²) < 4.78 is 6.35. The van der Waals surface area contributed by atoms with Crippen LogP contribution in [0.4, 0.5) is 0 Å². The van der Waals surface area contributed by atoms with E-state index in [-0.39, 0.29) is 17.5 Å². The molecule has 1 heterocycles. The molecule has 0 fully saturated rings. The first-order chi connectivity index (χ1) is 8.04. The number of pyridine rings is 1. The maximum absolute atomic E-state index is 11.8. The zero-order chi connectivity index (χ0) is 12.8. The largest absolute Gasteiger partial charge is 0.385 e. The Bertz CT molecular complexity index is 440. The average molecular weight is 238 g/mol. The van der Waals surface area contributed by atoms with E-state index in [1.54, 1.807) is 26.4 Å². The summed E-state index contributed by atoms with van der Waals surface area (Å²) in [6, 6.07) is 2.98.